The average molecular weight is 617 g/mol. The van der Waals surface area contributed by atoms with Crippen LogP contribution in [0.3, 0.4) is 0 Å². The van der Waals surface area contributed by atoms with Crippen LogP contribution in [0.25, 0.3) is 88.7 Å². The Balaban J connectivity index is 1.30. The summed E-state index contributed by atoms with van der Waals surface area (Å²) in [5.41, 5.74) is 11.3. The molecule has 4 heteroatoms. The van der Waals surface area contributed by atoms with Gasteiger partial charge in [-0.15, -0.1) is 0 Å². The Morgan fingerprint density at radius 2 is 0.750 bits per heavy atom. The highest BCUT2D eigenvalue weighted by Crippen LogP contribution is 2.46. The molecule has 9 aromatic rings. The van der Waals surface area contributed by atoms with Gasteiger partial charge in [0.05, 0.1) is 12.4 Å². The zero-order valence-electron chi connectivity index (χ0n) is 25.9. The van der Waals surface area contributed by atoms with Crippen molar-refractivity contribution in [1.82, 2.24) is 9.97 Å². The minimum atomic E-state index is 0.741. The number of benzene rings is 7. The van der Waals surface area contributed by atoms with E-state index in [0.717, 1.165) is 39.3 Å². The number of rotatable bonds is 6. The van der Waals surface area contributed by atoms with E-state index in [2.05, 4.69) is 149 Å². The van der Waals surface area contributed by atoms with Gasteiger partial charge in [-0.05, 0) is 84.3 Å². The molecule has 0 radical (unpaired) electrons. The predicted molar refractivity (Wildman–Crippen MR) is 194 cm³/mol. The maximum atomic E-state index is 5.70. The molecule has 0 aliphatic rings. The second-order valence-electron chi connectivity index (χ2n) is 11.9. The topological polar surface area (TPSA) is 52.1 Å². The SMILES string of the molecule is c1ccc(-c2ccc(-c3ccc4c(-c5cccc(-c6cnco6)c5)c5ccccc5c(-c5cccc(-c6cnco6)c5)c4c3)cc2)cc1. The summed E-state index contributed by atoms with van der Waals surface area (Å²) in [6.07, 6.45) is 6.47. The minimum Gasteiger partial charge on any atom is -0.444 e. The lowest BCUT2D eigenvalue weighted by Crippen LogP contribution is -1.92. The third-order valence-electron chi connectivity index (χ3n) is 9.09. The highest BCUT2D eigenvalue weighted by Gasteiger charge is 2.19. The van der Waals surface area contributed by atoms with Gasteiger partial charge in [0.25, 0.3) is 0 Å². The Kier molecular flexibility index (Phi) is 6.76. The van der Waals surface area contributed by atoms with Crippen molar-refractivity contribution in [3.63, 3.8) is 0 Å². The van der Waals surface area contributed by atoms with Crippen LogP contribution >= 0.6 is 0 Å². The van der Waals surface area contributed by atoms with Crippen LogP contribution in [0.15, 0.2) is 180 Å². The van der Waals surface area contributed by atoms with Crippen LogP contribution in [0.5, 0.6) is 0 Å². The van der Waals surface area contributed by atoms with Gasteiger partial charge in [0, 0.05) is 11.1 Å². The summed E-state index contributed by atoms with van der Waals surface area (Å²) in [5, 5.41) is 4.71. The number of nitrogens with zero attached hydrogens (tertiary/aromatic N) is 2. The normalized spacial score (nSPS) is 11.3. The first kappa shape index (κ1) is 27.8. The average Bonchev–Trinajstić information content (AvgIpc) is 3.90. The van der Waals surface area contributed by atoms with Crippen molar-refractivity contribution in [3.05, 3.63) is 171 Å². The molecular weight excluding hydrogens is 588 g/mol. The molecule has 0 unspecified atom stereocenters. The van der Waals surface area contributed by atoms with Crippen molar-refractivity contribution in [2.45, 2.75) is 0 Å². The zero-order valence-corrected chi connectivity index (χ0v) is 25.9. The molecule has 7 aromatic carbocycles. The second kappa shape index (κ2) is 11.7. The van der Waals surface area contributed by atoms with Crippen molar-refractivity contribution >= 4 is 21.5 Å². The number of hydrogen-bond donors (Lipinski definition) is 0. The van der Waals surface area contributed by atoms with Gasteiger partial charge in [-0.3, -0.25) is 0 Å². The molecule has 48 heavy (non-hydrogen) atoms. The van der Waals surface area contributed by atoms with E-state index in [1.807, 2.05) is 6.07 Å². The quantitative estimate of drug-likeness (QED) is 0.174. The van der Waals surface area contributed by atoms with Crippen molar-refractivity contribution < 1.29 is 8.83 Å². The molecule has 226 valence electrons. The maximum Gasteiger partial charge on any atom is 0.181 e. The Hall–Kier alpha value is -6.52. The van der Waals surface area contributed by atoms with Crippen LogP contribution in [-0.4, -0.2) is 9.97 Å². The Labute approximate surface area is 277 Å². The van der Waals surface area contributed by atoms with Gasteiger partial charge in [-0.2, -0.15) is 0 Å². The molecule has 0 atom stereocenters. The molecule has 0 saturated carbocycles. The molecule has 0 aliphatic heterocycles. The molecule has 0 spiro atoms. The second-order valence-corrected chi connectivity index (χ2v) is 11.9. The fourth-order valence-electron chi connectivity index (χ4n) is 6.84. The lowest BCUT2D eigenvalue weighted by molar-refractivity contribution is 0.571. The Bertz CT molecular complexity index is 2530. The van der Waals surface area contributed by atoms with Crippen LogP contribution in [0, 0.1) is 0 Å². The zero-order chi connectivity index (χ0) is 31.9. The summed E-state index contributed by atoms with van der Waals surface area (Å²) >= 11 is 0. The van der Waals surface area contributed by atoms with Crippen molar-refractivity contribution in [3.8, 4) is 67.2 Å². The van der Waals surface area contributed by atoms with Crippen molar-refractivity contribution in [2.75, 3.05) is 0 Å². The highest BCUT2D eigenvalue weighted by molar-refractivity contribution is 6.22. The molecule has 0 amide bonds. The first-order valence-electron chi connectivity index (χ1n) is 15.9. The number of oxazole rings is 2. The van der Waals surface area contributed by atoms with Crippen molar-refractivity contribution in [2.24, 2.45) is 0 Å². The first-order valence-corrected chi connectivity index (χ1v) is 15.9. The first-order chi connectivity index (χ1) is 23.8. The van der Waals surface area contributed by atoms with Gasteiger partial charge in [-0.25, -0.2) is 9.97 Å². The van der Waals surface area contributed by atoms with Gasteiger partial charge in [0.1, 0.15) is 0 Å². The van der Waals surface area contributed by atoms with Crippen LogP contribution in [0.2, 0.25) is 0 Å². The molecule has 0 bridgehead atoms. The van der Waals surface area contributed by atoms with Crippen LogP contribution < -0.4 is 0 Å². The maximum absolute atomic E-state index is 5.70. The van der Waals surface area contributed by atoms with E-state index in [0.29, 0.717) is 0 Å². The van der Waals surface area contributed by atoms with E-state index in [1.54, 1.807) is 12.4 Å². The predicted octanol–water partition coefficient (Wildman–Crippen LogP) is 12.0. The Morgan fingerprint density at radius 3 is 1.31 bits per heavy atom. The van der Waals surface area contributed by atoms with E-state index in [-0.39, 0.29) is 0 Å². The molecule has 9 rings (SSSR count). The van der Waals surface area contributed by atoms with Crippen molar-refractivity contribution in [1.29, 1.82) is 0 Å². The van der Waals surface area contributed by atoms with Crippen LogP contribution in [-0.2, 0) is 0 Å². The van der Waals surface area contributed by atoms with Gasteiger partial charge in [0.2, 0.25) is 0 Å². The number of fused-ring (bicyclic) bond motifs is 2. The molecule has 0 aliphatic carbocycles. The summed E-state index contributed by atoms with van der Waals surface area (Å²) in [4.78, 5) is 8.32. The summed E-state index contributed by atoms with van der Waals surface area (Å²) in [6, 6.07) is 52.0. The monoisotopic (exact) mass is 616 g/mol. The van der Waals surface area contributed by atoms with E-state index in [1.165, 1.54) is 62.1 Å². The summed E-state index contributed by atoms with van der Waals surface area (Å²) in [7, 11) is 0. The molecule has 0 N–H and O–H groups in total. The third kappa shape index (κ3) is 4.88. The fourth-order valence-corrected chi connectivity index (χ4v) is 6.84. The summed E-state index contributed by atoms with van der Waals surface area (Å²) < 4.78 is 11.4. The summed E-state index contributed by atoms with van der Waals surface area (Å²) in [5.74, 6) is 1.48. The van der Waals surface area contributed by atoms with Gasteiger partial charge >= 0.3 is 0 Å². The lowest BCUT2D eigenvalue weighted by atomic mass is 9.84. The molecule has 0 fully saturated rings. The van der Waals surface area contributed by atoms with Crippen LogP contribution in [0.4, 0.5) is 0 Å². The van der Waals surface area contributed by atoms with E-state index in [9.17, 15) is 0 Å². The van der Waals surface area contributed by atoms with Gasteiger partial charge in [-0.1, -0.05) is 127 Å². The molecule has 0 saturated heterocycles. The molecular formula is C44H28N2O2. The third-order valence-corrected chi connectivity index (χ3v) is 9.09. The highest BCUT2D eigenvalue weighted by atomic mass is 16.3. The Morgan fingerprint density at radius 1 is 0.312 bits per heavy atom. The number of hydrogen-bond acceptors (Lipinski definition) is 4. The smallest absolute Gasteiger partial charge is 0.181 e. The van der Waals surface area contributed by atoms with E-state index < -0.39 is 0 Å². The van der Waals surface area contributed by atoms with E-state index >= 15 is 0 Å². The van der Waals surface area contributed by atoms with Crippen LogP contribution in [0.1, 0.15) is 0 Å². The van der Waals surface area contributed by atoms with E-state index in [4.69, 9.17) is 8.83 Å². The lowest BCUT2D eigenvalue weighted by Gasteiger charge is -2.19. The molecule has 2 heterocycles. The fraction of sp³-hybridized carbons (Fsp3) is 0. The molecule has 4 nitrogen and oxygen atoms in total. The minimum absolute atomic E-state index is 0.741. The largest absolute Gasteiger partial charge is 0.444 e. The van der Waals surface area contributed by atoms with Gasteiger partial charge in [0.15, 0.2) is 24.3 Å². The molecule has 2 aromatic heterocycles. The van der Waals surface area contributed by atoms with Gasteiger partial charge < -0.3 is 8.83 Å². The standard InChI is InChI=1S/C44H28N2O2/c1-2-8-29(9-3-1)30-16-18-31(19-17-30)32-20-21-39-40(24-32)44(36-13-7-11-34(23-36)42-26-46-28-48-42)38-15-5-4-14-37(38)43(39)35-12-6-10-33(22-35)41-25-45-27-47-41/h1-28H. The summed E-state index contributed by atoms with van der Waals surface area (Å²) in [6.45, 7) is 0. The number of aromatic nitrogens is 2.